The van der Waals surface area contributed by atoms with Crippen LogP contribution >= 0.6 is 0 Å². The summed E-state index contributed by atoms with van der Waals surface area (Å²) < 4.78 is 4.82. The number of rotatable bonds is 7. The number of nitrogens with zero attached hydrogens (tertiary/aromatic N) is 4. The summed E-state index contributed by atoms with van der Waals surface area (Å²) in [5.41, 5.74) is 1.76. The number of esters is 1. The monoisotopic (exact) mass is 354 g/mol. The largest absolute Gasteiger partial charge is 0.468 e. The molecule has 0 aliphatic heterocycles. The highest BCUT2D eigenvalue weighted by Gasteiger charge is 2.29. The average molecular weight is 354 g/mol. The molecule has 0 fully saturated rings. The Kier molecular flexibility index (Phi) is 6.51. The lowest BCUT2D eigenvalue weighted by atomic mass is 10.0. The van der Waals surface area contributed by atoms with Gasteiger partial charge >= 0.3 is 5.97 Å². The number of carbonyl (C=O) groups excluding carboxylic acids is 1. The van der Waals surface area contributed by atoms with Gasteiger partial charge in [0.1, 0.15) is 5.69 Å². The summed E-state index contributed by atoms with van der Waals surface area (Å²) in [4.78, 5) is 23.7. The van der Waals surface area contributed by atoms with Gasteiger partial charge in [0.25, 0.3) is 0 Å². The van der Waals surface area contributed by atoms with Gasteiger partial charge in [-0.05, 0) is 24.0 Å². The van der Waals surface area contributed by atoms with E-state index >= 15 is 0 Å². The van der Waals surface area contributed by atoms with Gasteiger partial charge in [0, 0.05) is 13.1 Å². The molecule has 0 saturated carbocycles. The maximum atomic E-state index is 12.2. The molecule has 0 unspecified atom stereocenters. The van der Waals surface area contributed by atoms with Gasteiger partial charge in [0.15, 0.2) is 11.7 Å². The minimum atomic E-state index is -1.10. The van der Waals surface area contributed by atoms with Crippen molar-refractivity contribution in [3.05, 3.63) is 30.0 Å². The number of aromatic nitrogens is 2. The SMILES string of the molecule is COC(=O)[C@@H](C#N)c1nc2ccccc2nc1N(CC(C)C)CC(C)C. The second kappa shape index (κ2) is 8.61. The number of fused-ring (bicyclic) bond motifs is 1. The van der Waals surface area contributed by atoms with E-state index in [9.17, 15) is 10.1 Å². The van der Waals surface area contributed by atoms with Crippen molar-refractivity contribution >= 4 is 22.8 Å². The van der Waals surface area contributed by atoms with Crippen LogP contribution in [-0.4, -0.2) is 36.1 Å². The molecule has 0 spiro atoms. The molecule has 1 aromatic heterocycles. The molecule has 0 N–H and O–H groups in total. The number of benzene rings is 1. The molecule has 1 atom stereocenters. The number of nitriles is 1. The number of para-hydroxylation sites is 2. The zero-order valence-corrected chi connectivity index (χ0v) is 16.1. The van der Waals surface area contributed by atoms with Crippen molar-refractivity contribution in [1.29, 1.82) is 5.26 Å². The molecule has 0 bridgehead atoms. The molecule has 0 aliphatic carbocycles. The lowest BCUT2D eigenvalue weighted by Gasteiger charge is -2.29. The van der Waals surface area contributed by atoms with E-state index in [1.54, 1.807) is 0 Å². The summed E-state index contributed by atoms with van der Waals surface area (Å²) in [6, 6.07) is 9.51. The second-order valence-electron chi connectivity index (χ2n) is 7.20. The van der Waals surface area contributed by atoms with Crippen LogP contribution in [-0.2, 0) is 9.53 Å². The van der Waals surface area contributed by atoms with Crippen LogP contribution in [0.3, 0.4) is 0 Å². The minimum absolute atomic E-state index is 0.361. The van der Waals surface area contributed by atoms with Crippen molar-refractivity contribution in [3.63, 3.8) is 0 Å². The quantitative estimate of drug-likeness (QED) is 0.708. The van der Waals surface area contributed by atoms with Crippen LogP contribution < -0.4 is 4.90 Å². The average Bonchev–Trinajstić information content (AvgIpc) is 2.60. The third kappa shape index (κ3) is 4.48. The molecule has 1 heterocycles. The number of carbonyl (C=O) groups is 1. The van der Waals surface area contributed by atoms with Gasteiger partial charge in [-0.1, -0.05) is 39.8 Å². The maximum Gasteiger partial charge on any atom is 0.329 e. The molecule has 6 heteroatoms. The fourth-order valence-corrected chi connectivity index (χ4v) is 2.90. The minimum Gasteiger partial charge on any atom is -0.468 e. The Balaban J connectivity index is 2.68. The molecule has 2 aromatic rings. The predicted molar refractivity (Wildman–Crippen MR) is 102 cm³/mol. The van der Waals surface area contributed by atoms with Crippen LogP contribution in [0.15, 0.2) is 24.3 Å². The van der Waals surface area contributed by atoms with E-state index in [1.807, 2.05) is 30.3 Å². The highest BCUT2D eigenvalue weighted by atomic mass is 16.5. The fourth-order valence-electron chi connectivity index (χ4n) is 2.90. The summed E-state index contributed by atoms with van der Waals surface area (Å²) in [6.45, 7) is 10.0. The van der Waals surface area contributed by atoms with Crippen molar-refractivity contribution < 1.29 is 9.53 Å². The maximum absolute atomic E-state index is 12.2. The number of ether oxygens (including phenoxy) is 1. The van der Waals surface area contributed by atoms with Gasteiger partial charge in [0.05, 0.1) is 24.2 Å². The normalized spacial score (nSPS) is 12.2. The number of anilines is 1. The van der Waals surface area contributed by atoms with Crippen LogP contribution in [0.25, 0.3) is 11.0 Å². The molecule has 6 nitrogen and oxygen atoms in total. The molecular weight excluding hydrogens is 328 g/mol. The molecule has 0 amide bonds. The zero-order valence-electron chi connectivity index (χ0n) is 16.1. The topological polar surface area (TPSA) is 79.1 Å². The van der Waals surface area contributed by atoms with Crippen molar-refractivity contribution in [3.8, 4) is 6.07 Å². The van der Waals surface area contributed by atoms with Crippen LogP contribution in [0.5, 0.6) is 0 Å². The molecule has 0 aliphatic rings. The van der Waals surface area contributed by atoms with E-state index in [4.69, 9.17) is 9.72 Å². The Labute approximate surface area is 154 Å². The van der Waals surface area contributed by atoms with Gasteiger partial charge in [-0.3, -0.25) is 4.79 Å². The molecular formula is C20H26N4O2. The molecule has 2 rings (SSSR count). The Hall–Kier alpha value is -2.68. The first-order valence-corrected chi connectivity index (χ1v) is 8.86. The first-order chi connectivity index (χ1) is 12.4. The van der Waals surface area contributed by atoms with Crippen LogP contribution in [0.1, 0.15) is 39.3 Å². The highest BCUT2D eigenvalue weighted by Crippen LogP contribution is 2.29. The van der Waals surface area contributed by atoms with E-state index in [-0.39, 0.29) is 0 Å². The Morgan fingerprint density at radius 1 is 1.12 bits per heavy atom. The summed E-state index contributed by atoms with van der Waals surface area (Å²) in [5, 5.41) is 9.59. The van der Waals surface area contributed by atoms with E-state index in [1.165, 1.54) is 7.11 Å². The first kappa shape index (κ1) is 19.6. The van der Waals surface area contributed by atoms with E-state index in [2.05, 4.69) is 37.6 Å². The van der Waals surface area contributed by atoms with Crippen molar-refractivity contribution in [2.75, 3.05) is 25.1 Å². The number of hydrogen-bond donors (Lipinski definition) is 0. The van der Waals surface area contributed by atoms with Gasteiger partial charge in [-0.2, -0.15) is 5.26 Å². The Morgan fingerprint density at radius 3 is 2.12 bits per heavy atom. The lowest BCUT2D eigenvalue weighted by molar-refractivity contribution is -0.141. The lowest BCUT2D eigenvalue weighted by Crippen LogP contribution is -2.34. The third-order valence-corrected chi connectivity index (χ3v) is 3.89. The van der Waals surface area contributed by atoms with E-state index in [0.29, 0.717) is 28.9 Å². The molecule has 0 radical (unpaired) electrons. The summed E-state index contributed by atoms with van der Waals surface area (Å²) in [7, 11) is 1.28. The molecule has 138 valence electrons. The number of methoxy groups -OCH3 is 1. The first-order valence-electron chi connectivity index (χ1n) is 8.86. The Bertz CT molecular complexity index is 801. The van der Waals surface area contributed by atoms with E-state index < -0.39 is 11.9 Å². The standard InChI is InChI=1S/C20H26N4O2/c1-13(2)11-24(12-14(3)4)19-18(15(10-21)20(25)26-5)22-16-8-6-7-9-17(16)23-19/h6-9,13-15H,11-12H2,1-5H3/t15-/m0/s1. The van der Waals surface area contributed by atoms with Gasteiger partial charge in [-0.15, -0.1) is 0 Å². The van der Waals surface area contributed by atoms with E-state index in [0.717, 1.165) is 18.6 Å². The van der Waals surface area contributed by atoms with Gasteiger partial charge < -0.3 is 9.64 Å². The smallest absolute Gasteiger partial charge is 0.329 e. The fraction of sp³-hybridized carbons (Fsp3) is 0.500. The van der Waals surface area contributed by atoms with Crippen molar-refractivity contribution in [2.24, 2.45) is 11.8 Å². The van der Waals surface area contributed by atoms with Gasteiger partial charge in [0.2, 0.25) is 0 Å². The van der Waals surface area contributed by atoms with Crippen LogP contribution in [0.4, 0.5) is 5.82 Å². The number of hydrogen-bond acceptors (Lipinski definition) is 6. The summed E-state index contributed by atoms with van der Waals surface area (Å²) in [5.74, 6) is -0.341. The summed E-state index contributed by atoms with van der Waals surface area (Å²) >= 11 is 0. The van der Waals surface area contributed by atoms with Crippen LogP contribution in [0.2, 0.25) is 0 Å². The second-order valence-corrected chi connectivity index (χ2v) is 7.20. The van der Waals surface area contributed by atoms with Crippen molar-refractivity contribution in [2.45, 2.75) is 33.6 Å². The summed E-state index contributed by atoms with van der Waals surface area (Å²) in [6.07, 6.45) is 0. The predicted octanol–water partition coefficient (Wildman–Crippen LogP) is 3.53. The van der Waals surface area contributed by atoms with Gasteiger partial charge in [-0.25, -0.2) is 9.97 Å². The molecule has 26 heavy (non-hydrogen) atoms. The van der Waals surface area contributed by atoms with Crippen molar-refractivity contribution in [1.82, 2.24) is 9.97 Å². The zero-order chi connectivity index (χ0) is 19.3. The Morgan fingerprint density at radius 2 is 1.65 bits per heavy atom. The highest BCUT2D eigenvalue weighted by molar-refractivity contribution is 5.85. The van der Waals surface area contributed by atoms with Crippen LogP contribution in [0, 0.1) is 23.2 Å². The third-order valence-electron chi connectivity index (χ3n) is 3.89. The molecule has 0 saturated heterocycles. The molecule has 1 aromatic carbocycles.